The molecule has 4 heteroatoms. The second kappa shape index (κ2) is 7.27. The van der Waals surface area contributed by atoms with E-state index in [0.29, 0.717) is 6.54 Å². The highest BCUT2D eigenvalue weighted by Gasteiger charge is 2.17. The van der Waals surface area contributed by atoms with E-state index in [0.717, 1.165) is 41.6 Å². The van der Waals surface area contributed by atoms with E-state index < -0.39 is 0 Å². The number of benzene rings is 1. The van der Waals surface area contributed by atoms with Crippen LogP contribution in [0.4, 0.5) is 0 Å². The van der Waals surface area contributed by atoms with Crippen molar-refractivity contribution in [3.63, 3.8) is 0 Å². The van der Waals surface area contributed by atoms with E-state index in [-0.39, 0.29) is 12.5 Å². The molecule has 0 aliphatic heterocycles. The SMILES string of the molecule is CCCCc1oc2ccccc2c1CN(C)C(=O)COC. The summed E-state index contributed by atoms with van der Waals surface area (Å²) in [7, 11) is 3.33. The minimum Gasteiger partial charge on any atom is -0.461 e. The maximum Gasteiger partial charge on any atom is 0.248 e. The van der Waals surface area contributed by atoms with Gasteiger partial charge in [0.25, 0.3) is 0 Å². The van der Waals surface area contributed by atoms with Crippen LogP contribution in [-0.2, 0) is 22.5 Å². The zero-order valence-corrected chi connectivity index (χ0v) is 13.0. The highest BCUT2D eigenvalue weighted by molar-refractivity contribution is 5.83. The van der Waals surface area contributed by atoms with E-state index >= 15 is 0 Å². The molecule has 0 aliphatic rings. The Labute approximate surface area is 125 Å². The van der Waals surface area contributed by atoms with Crippen LogP contribution in [0, 0.1) is 0 Å². The van der Waals surface area contributed by atoms with Gasteiger partial charge in [-0.3, -0.25) is 4.79 Å². The lowest BCUT2D eigenvalue weighted by Gasteiger charge is -2.17. The molecule has 0 fully saturated rings. The van der Waals surface area contributed by atoms with Gasteiger partial charge in [-0.2, -0.15) is 0 Å². The number of fused-ring (bicyclic) bond motifs is 1. The molecule has 0 atom stereocenters. The van der Waals surface area contributed by atoms with Gasteiger partial charge in [-0.05, 0) is 12.5 Å². The van der Waals surface area contributed by atoms with Gasteiger partial charge >= 0.3 is 0 Å². The van der Waals surface area contributed by atoms with Gasteiger partial charge in [0.2, 0.25) is 5.91 Å². The Kier molecular flexibility index (Phi) is 5.39. The van der Waals surface area contributed by atoms with Crippen molar-refractivity contribution >= 4 is 16.9 Å². The lowest BCUT2D eigenvalue weighted by Crippen LogP contribution is -2.29. The molecule has 1 aromatic carbocycles. The highest BCUT2D eigenvalue weighted by Crippen LogP contribution is 2.28. The van der Waals surface area contributed by atoms with Gasteiger partial charge < -0.3 is 14.1 Å². The molecule has 4 nitrogen and oxygen atoms in total. The molecule has 0 saturated heterocycles. The lowest BCUT2D eigenvalue weighted by molar-refractivity contribution is -0.134. The minimum atomic E-state index is -0.0239. The second-order valence-electron chi connectivity index (χ2n) is 5.29. The number of unbranched alkanes of at least 4 members (excludes halogenated alkanes) is 1. The van der Waals surface area contributed by atoms with Gasteiger partial charge in [0.05, 0.1) is 0 Å². The fraction of sp³-hybridized carbons (Fsp3) is 0.471. The van der Waals surface area contributed by atoms with E-state index in [1.54, 1.807) is 11.9 Å². The lowest BCUT2D eigenvalue weighted by atomic mass is 10.1. The molecule has 1 heterocycles. The fourth-order valence-corrected chi connectivity index (χ4v) is 2.42. The molecule has 2 rings (SSSR count). The van der Waals surface area contributed by atoms with Crippen molar-refractivity contribution in [2.75, 3.05) is 20.8 Å². The summed E-state index contributed by atoms with van der Waals surface area (Å²) in [6.07, 6.45) is 3.12. The second-order valence-corrected chi connectivity index (χ2v) is 5.29. The molecule has 0 N–H and O–H groups in total. The van der Waals surface area contributed by atoms with Gasteiger partial charge in [-0.25, -0.2) is 0 Å². The van der Waals surface area contributed by atoms with Gasteiger partial charge in [0.1, 0.15) is 18.0 Å². The number of amides is 1. The summed E-state index contributed by atoms with van der Waals surface area (Å²) in [6.45, 7) is 2.82. The monoisotopic (exact) mass is 289 g/mol. The summed E-state index contributed by atoms with van der Waals surface area (Å²) in [5, 5.41) is 1.10. The number of nitrogens with zero attached hydrogens (tertiary/aromatic N) is 1. The van der Waals surface area contributed by atoms with Crippen LogP contribution >= 0.6 is 0 Å². The number of hydrogen-bond donors (Lipinski definition) is 0. The third-order valence-electron chi connectivity index (χ3n) is 3.63. The molecule has 21 heavy (non-hydrogen) atoms. The largest absolute Gasteiger partial charge is 0.461 e. The summed E-state index contributed by atoms with van der Waals surface area (Å²) in [5.41, 5.74) is 2.01. The quantitative estimate of drug-likeness (QED) is 0.784. The fourth-order valence-electron chi connectivity index (χ4n) is 2.42. The molecule has 0 unspecified atom stereocenters. The van der Waals surface area contributed by atoms with Crippen LogP contribution in [0.5, 0.6) is 0 Å². The topological polar surface area (TPSA) is 42.7 Å². The van der Waals surface area contributed by atoms with Crippen LogP contribution in [0.3, 0.4) is 0 Å². The van der Waals surface area contributed by atoms with Crippen molar-refractivity contribution in [1.82, 2.24) is 4.90 Å². The van der Waals surface area contributed by atoms with Crippen LogP contribution in [0.15, 0.2) is 28.7 Å². The number of methoxy groups -OCH3 is 1. The van der Waals surface area contributed by atoms with Crippen LogP contribution in [-0.4, -0.2) is 31.6 Å². The number of ether oxygens (including phenoxy) is 1. The molecule has 1 aromatic heterocycles. The van der Waals surface area contributed by atoms with Gasteiger partial charge in [-0.15, -0.1) is 0 Å². The summed E-state index contributed by atoms with van der Waals surface area (Å²) in [5.74, 6) is 0.972. The predicted octanol–water partition coefficient (Wildman–Crippen LogP) is 3.38. The molecule has 0 saturated carbocycles. The smallest absolute Gasteiger partial charge is 0.248 e. The van der Waals surface area contributed by atoms with Crippen LogP contribution in [0.1, 0.15) is 31.1 Å². The van der Waals surface area contributed by atoms with Crippen LogP contribution in [0.25, 0.3) is 11.0 Å². The van der Waals surface area contributed by atoms with Crippen molar-refractivity contribution in [3.8, 4) is 0 Å². The number of furan rings is 1. The number of rotatable bonds is 7. The number of aryl methyl sites for hydroxylation is 1. The number of carbonyl (C=O) groups excluding carboxylic acids is 1. The third kappa shape index (κ3) is 3.64. The average molecular weight is 289 g/mol. The summed E-state index contributed by atoms with van der Waals surface area (Å²) < 4.78 is 10.9. The van der Waals surface area contributed by atoms with Gasteiger partial charge in [-0.1, -0.05) is 31.5 Å². The minimum absolute atomic E-state index is 0.0239. The third-order valence-corrected chi connectivity index (χ3v) is 3.63. The zero-order chi connectivity index (χ0) is 15.2. The molecule has 1 amide bonds. The number of likely N-dealkylation sites (N-methyl/N-ethyl adjacent to an activating group) is 1. The van der Waals surface area contributed by atoms with Crippen molar-refractivity contribution in [1.29, 1.82) is 0 Å². The number of para-hydroxylation sites is 1. The van der Waals surface area contributed by atoms with Crippen LogP contribution < -0.4 is 0 Å². The molecule has 0 bridgehead atoms. The Morgan fingerprint density at radius 1 is 1.33 bits per heavy atom. The standard InChI is InChI=1S/C17H23NO3/c1-4-5-9-16-14(11-18(2)17(19)12-20-3)13-8-6-7-10-15(13)21-16/h6-8,10H,4-5,9,11-12H2,1-3H3. The molecule has 0 spiro atoms. The predicted molar refractivity (Wildman–Crippen MR) is 83.2 cm³/mol. The Balaban J connectivity index is 2.28. The first-order valence-corrected chi connectivity index (χ1v) is 7.39. The Morgan fingerprint density at radius 3 is 2.81 bits per heavy atom. The molecular formula is C17H23NO3. The van der Waals surface area contributed by atoms with Crippen molar-refractivity contribution in [2.24, 2.45) is 0 Å². The Bertz CT molecular complexity index is 603. The molecule has 0 aliphatic carbocycles. The van der Waals surface area contributed by atoms with Crippen molar-refractivity contribution in [3.05, 3.63) is 35.6 Å². The Hall–Kier alpha value is -1.81. The first-order valence-electron chi connectivity index (χ1n) is 7.39. The Morgan fingerprint density at radius 2 is 2.10 bits per heavy atom. The number of hydrogen-bond acceptors (Lipinski definition) is 3. The summed E-state index contributed by atoms with van der Waals surface area (Å²) in [4.78, 5) is 13.6. The average Bonchev–Trinajstić information content (AvgIpc) is 2.83. The molecular weight excluding hydrogens is 266 g/mol. The maximum absolute atomic E-state index is 11.9. The van der Waals surface area contributed by atoms with E-state index in [2.05, 4.69) is 13.0 Å². The van der Waals surface area contributed by atoms with Crippen molar-refractivity contribution in [2.45, 2.75) is 32.7 Å². The van der Waals surface area contributed by atoms with Crippen LogP contribution in [0.2, 0.25) is 0 Å². The summed E-state index contributed by atoms with van der Waals surface area (Å²) >= 11 is 0. The van der Waals surface area contributed by atoms with Gasteiger partial charge in [0, 0.05) is 38.1 Å². The van der Waals surface area contributed by atoms with E-state index in [1.807, 2.05) is 18.2 Å². The maximum atomic E-state index is 11.9. The summed E-state index contributed by atoms with van der Waals surface area (Å²) in [6, 6.07) is 8.00. The van der Waals surface area contributed by atoms with E-state index in [9.17, 15) is 4.79 Å². The number of carbonyl (C=O) groups is 1. The molecule has 2 aromatic rings. The van der Waals surface area contributed by atoms with E-state index in [1.165, 1.54) is 7.11 Å². The molecule has 114 valence electrons. The first-order chi connectivity index (χ1) is 10.2. The van der Waals surface area contributed by atoms with Gasteiger partial charge in [0.15, 0.2) is 0 Å². The van der Waals surface area contributed by atoms with E-state index in [4.69, 9.17) is 9.15 Å². The highest BCUT2D eigenvalue weighted by atomic mass is 16.5. The first kappa shape index (κ1) is 15.6. The zero-order valence-electron chi connectivity index (χ0n) is 13.0. The van der Waals surface area contributed by atoms with Crippen molar-refractivity contribution < 1.29 is 13.9 Å². The molecule has 0 radical (unpaired) electrons. The normalized spacial score (nSPS) is 11.0.